The van der Waals surface area contributed by atoms with Crippen molar-refractivity contribution in [3.63, 3.8) is 0 Å². The summed E-state index contributed by atoms with van der Waals surface area (Å²) in [6, 6.07) is 0. The summed E-state index contributed by atoms with van der Waals surface area (Å²) in [6.45, 7) is 1.58. The van der Waals surface area contributed by atoms with E-state index in [1.54, 1.807) is 0 Å². The molecule has 0 heterocycles. The number of nitrogens with one attached hydrogen (secondary N) is 1. The van der Waals surface area contributed by atoms with Crippen molar-refractivity contribution in [2.45, 2.75) is 44.8 Å². The van der Waals surface area contributed by atoms with Crippen molar-refractivity contribution < 1.29 is 25.0 Å². The summed E-state index contributed by atoms with van der Waals surface area (Å²) in [4.78, 5) is 15.2. The highest BCUT2D eigenvalue weighted by Crippen LogP contribution is 2.48. The molecule has 0 spiro atoms. The standard InChI is InChI=1S/C15H21NO5/c1-2-3-10(17)5-4-9-6-11-12(15(9)20)7-13(11)16-21-8-14(18)19/h9-10,12,15-17,20H,2-3,6-8H2,1H3,(H,18,19). The maximum Gasteiger partial charge on any atom is 0.332 e. The van der Waals surface area contributed by atoms with Gasteiger partial charge in [0.1, 0.15) is 6.10 Å². The zero-order valence-electron chi connectivity index (χ0n) is 12.0. The van der Waals surface area contributed by atoms with Gasteiger partial charge in [0.05, 0.1) is 12.0 Å². The Morgan fingerprint density at radius 1 is 1.52 bits per heavy atom. The first kappa shape index (κ1) is 15.8. The lowest BCUT2D eigenvalue weighted by atomic mass is 9.83. The fraction of sp³-hybridized carbons (Fsp3) is 0.667. The average molecular weight is 295 g/mol. The lowest BCUT2D eigenvalue weighted by molar-refractivity contribution is -0.144. The second kappa shape index (κ2) is 6.94. The van der Waals surface area contributed by atoms with E-state index in [1.807, 2.05) is 6.92 Å². The van der Waals surface area contributed by atoms with Crippen molar-refractivity contribution in [2.24, 2.45) is 11.8 Å². The van der Waals surface area contributed by atoms with Gasteiger partial charge in [0.15, 0.2) is 6.61 Å². The van der Waals surface area contributed by atoms with Crippen LogP contribution in [0.5, 0.6) is 0 Å². The molecule has 1 fully saturated rings. The number of hydroxylamine groups is 1. The molecule has 0 bridgehead atoms. The zero-order chi connectivity index (χ0) is 15.4. The van der Waals surface area contributed by atoms with Crippen LogP contribution < -0.4 is 5.48 Å². The largest absolute Gasteiger partial charge is 0.479 e. The van der Waals surface area contributed by atoms with Gasteiger partial charge in [-0.05, 0) is 24.8 Å². The van der Waals surface area contributed by atoms with Gasteiger partial charge in [-0.1, -0.05) is 25.2 Å². The first-order valence-electron chi connectivity index (χ1n) is 7.21. The number of rotatable bonds is 6. The summed E-state index contributed by atoms with van der Waals surface area (Å²) in [6.07, 6.45) is 1.63. The van der Waals surface area contributed by atoms with Crippen molar-refractivity contribution in [1.82, 2.24) is 5.48 Å². The highest BCUT2D eigenvalue weighted by atomic mass is 16.7. The fourth-order valence-corrected chi connectivity index (χ4v) is 2.78. The zero-order valence-corrected chi connectivity index (χ0v) is 12.0. The van der Waals surface area contributed by atoms with E-state index in [-0.39, 0.29) is 11.8 Å². The van der Waals surface area contributed by atoms with Gasteiger partial charge in [0, 0.05) is 11.6 Å². The van der Waals surface area contributed by atoms with E-state index >= 15 is 0 Å². The molecular formula is C15H21NO5. The normalized spacial score (nSPS) is 28.2. The quantitative estimate of drug-likeness (QED) is 0.418. The number of allylic oxidation sites excluding steroid dienone is 1. The van der Waals surface area contributed by atoms with E-state index < -0.39 is 24.8 Å². The number of carboxylic acids is 1. The average Bonchev–Trinajstić information content (AvgIpc) is 2.64. The molecule has 0 aromatic heterocycles. The van der Waals surface area contributed by atoms with Crippen LogP contribution in [0.15, 0.2) is 11.3 Å². The summed E-state index contributed by atoms with van der Waals surface area (Å²) >= 11 is 0. The second-order valence-electron chi connectivity index (χ2n) is 5.49. The molecule has 6 heteroatoms. The van der Waals surface area contributed by atoms with E-state index in [4.69, 9.17) is 9.94 Å². The number of hydrogen-bond donors (Lipinski definition) is 4. The van der Waals surface area contributed by atoms with Crippen LogP contribution in [0.25, 0.3) is 0 Å². The highest BCUT2D eigenvalue weighted by molar-refractivity contribution is 5.67. The minimum atomic E-state index is -1.04. The number of aliphatic hydroxyl groups is 2. The maximum atomic E-state index is 10.4. The molecule has 0 amide bonds. The van der Waals surface area contributed by atoms with Gasteiger partial charge in [0.2, 0.25) is 0 Å². The Labute approximate surface area is 123 Å². The number of aliphatic carboxylic acids is 1. The Bertz CT molecular complexity index is 490. The molecular weight excluding hydrogens is 274 g/mol. The van der Waals surface area contributed by atoms with Crippen LogP contribution in [0, 0.1) is 23.7 Å². The molecule has 1 saturated carbocycles. The van der Waals surface area contributed by atoms with Crippen molar-refractivity contribution in [2.75, 3.05) is 6.61 Å². The second-order valence-corrected chi connectivity index (χ2v) is 5.49. The van der Waals surface area contributed by atoms with Crippen LogP contribution in [0.4, 0.5) is 0 Å². The molecule has 0 aromatic carbocycles. The first-order valence-corrected chi connectivity index (χ1v) is 7.21. The molecule has 21 heavy (non-hydrogen) atoms. The van der Waals surface area contributed by atoms with Crippen molar-refractivity contribution in [3.8, 4) is 11.8 Å². The summed E-state index contributed by atoms with van der Waals surface area (Å²) in [5, 5.41) is 28.3. The predicted molar refractivity (Wildman–Crippen MR) is 74.7 cm³/mol. The van der Waals surface area contributed by atoms with Crippen molar-refractivity contribution >= 4 is 5.97 Å². The summed E-state index contributed by atoms with van der Waals surface area (Å²) < 4.78 is 0. The van der Waals surface area contributed by atoms with Gasteiger partial charge < -0.3 is 15.3 Å². The number of carboxylic acid groups (broad SMARTS) is 1. The first-order chi connectivity index (χ1) is 10.0. The molecule has 116 valence electrons. The van der Waals surface area contributed by atoms with E-state index in [0.717, 1.165) is 17.7 Å². The highest BCUT2D eigenvalue weighted by Gasteiger charge is 2.45. The van der Waals surface area contributed by atoms with Crippen molar-refractivity contribution in [1.29, 1.82) is 0 Å². The van der Waals surface area contributed by atoms with E-state index in [1.165, 1.54) is 0 Å². The van der Waals surface area contributed by atoms with E-state index in [0.29, 0.717) is 19.3 Å². The lowest BCUT2D eigenvalue weighted by Crippen LogP contribution is -2.32. The minimum absolute atomic E-state index is 0.0727. The maximum absolute atomic E-state index is 10.4. The van der Waals surface area contributed by atoms with Gasteiger partial charge >= 0.3 is 5.97 Å². The Morgan fingerprint density at radius 3 is 2.95 bits per heavy atom. The number of hydrogen-bond acceptors (Lipinski definition) is 5. The third-order valence-electron chi connectivity index (χ3n) is 3.91. The molecule has 2 aliphatic carbocycles. The lowest BCUT2D eigenvalue weighted by Gasteiger charge is -2.30. The van der Waals surface area contributed by atoms with Crippen LogP contribution in [0.2, 0.25) is 0 Å². The molecule has 4 N–H and O–H groups in total. The number of fused-ring (bicyclic) bond motifs is 1. The van der Waals surface area contributed by atoms with Crippen LogP contribution in [-0.2, 0) is 9.63 Å². The van der Waals surface area contributed by atoms with Gasteiger partial charge in [-0.15, -0.1) is 0 Å². The summed E-state index contributed by atoms with van der Waals surface area (Å²) in [5.74, 6) is 4.62. The Hall–Kier alpha value is -1.55. The molecule has 2 aliphatic rings. The third kappa shape index (κ3) is 3.76. The van der Waals surface area contributed by atoms with Crippen molar-refractivity contribution in [3.05, 3.63) is 11.3 Å². The topological polar surface area (TPSA) is 99.0 Å². The van der Waals surface area contributed by atoms with Gasteiger partial charge in [-0.2, -0.15) is 0 Å². The molecule has 0 saturated heterocycles. The van der Waals surface area contributed by atoms with Crippen LogP contribution in [0.3, 0.4) is 0 Å². The smallest absolute Gasteiger partial charge is 0.332 e. The molecule has 0 aliphatic heterocycles. The van der Waals surface area contributed by atoms with E-state index in [9.17, 15) is 15.0 Å². The molecule has 2 rings (SSSR count). The van der Waals surface area contributed by atoms with Gasteiger partial charge in [0.25, 0.3) is 0 Å². The fourth-order valence-electron chi connectivity index (χ4n) is 2.78. The van der Waals surface area contributed by atoms with Crippen LogP contribution in [-0.4, -0.2) is 40.1 Å². The Kier molecular flexibility index (Phi) is 5.23. The monoisotopic (exact) mass is 295 g/mol. The number of aliphatic hydroxyl groups excluding tert-OH is 2. The van der Waals surface area contributed by atoms with Crippen LogP contribution in [0.1, 0.15) is 32.6 Å². The predicted octanol–water partition coefficient (Wildman–Crippen LogP) is 0.411. The Balaban J connectivity index is 1.90. The molecule has 4 atom stereocenters. The molecule has 0 radical (unpaired) electrons. The Morgan fingerprint density at radius 2 is 2.29 bits per heavy atom. The number of carbonyl (C=O) groups is 1. The SMILES string of the molecule is CCCC(O)C#CC1CC2=C(NOCC(=O)O)CC2C1O. The van der Waals surface area contributed by atoms with Crippen LogP contribution >= 0.6 is 0 Å². The third-order valence-corrected chi connectivity index (χ3v) is 3.91. The van der Waals surface area contributed by atoms with Gasteiger partial charge in [-0.3, -0.25) is 10.3 Å². The minimum Gasteiger partial charge on any atom is -0.479 e. The van der Waals surface area contributed by atoms with E-state index in [2.05, 4.69) is 17.3 Å². The molecule has 0 aromatic rings. The summed E-state index contributed by atoms with van der Waals surface area (Å²) in [7, 11) is 0. The molecule has 6 nitrogen and oxygen atoms in total. The summed E-state index contributed by atoms with van der Waals surface area (Å²) in [5.41, 5.74) is 4.54. The van der Waals surface area contributed by atoms with Gasteiger partial charge in [-0.25, -0.2) is 4.79 Å². The molecule has 4 unspecified atom stereocenters.